The van der Waals surface area contributed by atoms with Crippen LogP contribution in [-0.4, -0.2) is 63.9 Å². The number of nitrogens with zero attached hydrogens (tertiary/aromatic N) is 1. The molecule has 0 radical (unpaired) electrons. The predicted molar refractivity (Wildman–Crippen MR) is 187 cm³/mol. The summed E-state index contributed by atoms with van der Waals surface area (Å²) in [6, 6.07) is 0. The summed E-state index contributed by atoms with van der Waals surface area (Å²) < 4.78 is 0.855. The Labute approximate surface area is 276 Å². The van der Waals surface area contributed by atoms with Crippen LogP contribution in [0.3, 0.4) is 0 Å². The molecule has 0 unspecified atom stereocenters. The molecule has 264 valence electrons. The quantitative estimate of drug-likeness (QED) is 0.0358. The zero-order chi connectivity index (χ0) is 33.3. The van der Waals surface area contributed by atoms with Crippen molar-refractivity contribution in [3.8, 4) is 0 Å². The summed E-state index contributed by atoms with van der Waals surface area (Å²) in [7, 11) is 0. The minimum atomic E-state index is -0.770. The number of aliphatic carboxylic acids is 3. The standard InChI is InChI=1S/C38H71NO6/c1-2-3-4-5-6-7-8-9-10-11-12-13-14-15-16-17-18-19-20-21-25-32-39(33-26-22-29-36(40)41,34-27-23-30-37(42)43)35-28-24-31-38(44)45/h17-18H,2-16,19-35H2,1H3,(H2-,40,41,42,43,44,45)/p+1/b18-17+. The zero-order valence-corrected chi connectivity index (χ0v) is 29.3. The Bertz CT molecular complexity index is 683. The van der Waals surface area contributed by atoms with Crippen LogP contribution in [0.2, 0.25) is 0 Å². The van der Waals surface area contributed by atoms with Gasteiger partial charge < -0.3 is 19.8 Å². The van der Waals surface area contributed by atoms with Crippen LogP contribution in [0.15, 0.2) is 12.2 Å². The van der Waals surface area contributed by atoms with Gasteiger partial charge in [0.15, 0.2) is 0 Å². The summed E-state index contributed by atoms with van der Waals surface area (Å²) in [4.78, 5) is 33.1. The normalized spacial score (nSPS) is 11.8. The fraction of sp³-hybridized carbons (Fsp3) is 0.868. The minimum absolute atomic E-state index is 0.170. The Morgan fingerprint density at radius 2 is 0.667 bits per heavy atom. The van der Waals surface area contributed by atoms with E-state index in [0.29, 0.717) is 19.3 Å². The van der Waals surface area contributed by atoms with Crippen LogP contribution in [0, 0.1) is 0 Å². The van der Waals surface area contributed by atoms with E-state index in [-0.39, 0.29) is 19.3 Å². The smallest absolute Gasteiger partial charge is 0.303 e. The molecular weight excluding hydrogens is 566 g/mol. The molecular formula is C38H72NO6+. The van der Waals surface area contributed by atoms with Crippen molar-refractivity contribution in [1.29, 1.82) is 0 Å². The molecule has 0 amide bonds. The second kappa shape index (κ2) is 32.1. The molecule has 45 heavy (non-hydrogen) atoms. The maximum absolute atomic E-state index is 11.0. The Kier molecular flexibility index (Phi) is 30.7. The van der Waals surface area contributed by atoms with E-state index >= 15 is 0 Å². The second-order valence-electron chi connectivity index (χ2n) is 13.5. The summed E-state index contributed by atoms with van der Waals surface area (Å²) in [5.41, 5.74) is 0. The van der Waals surface area contributed by atoms with Crippen molar-refractivity contribution in [2.75, 3.05) is 26.2 Å². The van der Waals surface area contributed by atoms with Crippen LogP contribution >= 0.6 is 0 Å². The van der Waals surface area contributed by atoms with Crippen molar-refractivity contribution < 1.29 is 34.2 Å². The summed E-state index contributed by atoms with van der Waals surface area (Å²) in [6.45, 7) is 5.92. The van der Waals surface area contributed by atoms with Gasteiger partial charge >= 0.3 is 17.9 Å². The molecule has 0 aliphatic rings. The third-order valence-corrected chi connectivity index (χ3v) is 9.21. The predicted octanol–water partition coefficient (Wildman–Crippen LogP) is 10.6. The lowest BCUT2D eigenvalue weighted by molar-refractivity contribution is -0.929. The molecule has 7 nitrogen and oxygen atoms in total. The summed E-state index contributed by atoms with van der Waals surface area (Å²) in [5, 5.41) is 27.2. The summed E-state index contributed by atoms with van der Waals surface area (Å²) in [5.74, 6) is -2.31. The number of rotatable bonds is 36. The van der Waals surface area contributed by atoms with Gasteiger partial charge in [-0.15, -0.1) is 0 Å². The molecule has 0 fully saturated rings. The molecule has 0 bridgehead atoms. The van der Waals surface area contributed by atoms with Crippen LogP contribution in [-0.2, 0) is 14.4 Å². The maximum atomic E-state index is 11.0. The Hall–Kier alpha value is -1.89. The first-order valence-corrected chi connectivity index (χ1v) is 19.0. The molecule has 0 aromatic heterocycles. The number of unbranched alkanes of at least 4 members (excludes halogenated alkanes) is 20. The van der Waals surface area contributed by atoms with E-state index in [1.807, 2.05) is 0 Å². The van der Waals surface area contributed by atoms with Gasteiger partial charge in [0.2, 0.25) is 0 Å². The van der Waals surface area contributed by atoms with Crippen molar-refractivity contribution in [3.63, 3.8) is 0 Å². The highest BCUT2D eigenvalue weighted by atomic mass is 16.4. The highest BCUT2D eigenvalue weighted by Crippen LogP contribution is 2.19. The van der Waals surface area contributed by atoms with Crippen LogP contribution in [0.25, 0.3) is 0 Å². The maximum Gasteiger partial charge on any atom is 0.303 e. The highest BCUT2D eigenvalue weighted by Gasteiger charge is 2.26. The van der Waals surface area contributed by atoms with E-state index in [9.17, 15) is 14.4 Å². The third kappa shape index (κ3) is 31.9. The summed E-state index contributed by atoms with van der Waals surface area (Å²) in [6.07, 6.45) is 34.8. The van der Waals surface area contributed by atoms with Crippen LogP contribution < -0.4 is 0 Å². The molecule has 0 rings (SSSR count). The molecule has 0 atom stereocenters. The largest absolute Gasteiger partial charge is 0.481 e. The molecule has 0 aliphatic carbocycles. The van der Waals surface area contributed by atoms with Gasteiger partial charge in [-0.3, -0.25) is 14.4 Å². The van der Waals surface area contributed by atoms with Gasteiger partial charge in [-0.05, 0) is 77.0 Å². The van der Waals surface area contributed by atoms with E-state index < -0.39 is 17.9 Å². The van der Waals surface area contributed by atoms with Gasteiger partial charge in [-0.25, -0.2) is 0 Å². The topological polar surface area (TPSA) is 112 Å². The number of hydrogen-bond donors (Lipinski definition) is 3. The fourth-order valence-corrected chi connectivity index (χ4v) is 6.42. The summed E-state index contributed by atoms with van der Waals surface area (Å²) >= 11 is 0. The lowest BCUT2D eigenvalue weighted by Crippen LogP contribution is -2.51. The van der Waals surface area contributed by atoms with Crippen molar-refractivity contribution in [3.05, 3.63) is 12.2 Å². The zero-order valence-electron chi connectivity index (χ0n) is 29.3. The molecule has 3 N–H and O–H groups in total. The van der Waals surface area contributed by atoms with Crippen molar-refractivity contribution in [2.45, 2.75) is 187 Å². The Morgan fingerprint density at radius 3 is 0.978 bits per heavy atom. The van der Waals surface area contributed by atoms with Gasteiger partial charge in [0, 0.05) is 19.3 Å². The van der Waals surface area contributed by atoms with Crippen molar-refractivity contribution in [1.82, 2.24) is 0 Å². The highest BCUT2D eigenvalue weighted by molar-refractivity contribution is 5.67. The average Bonchev–Trinajstić information content (AvgIpc) is 3.00. The van der Waals surface area contributed by atoms with Gasteiger partial charge in [-0.2, -0.15) is 0 Å². The average molecular weight is 639 g/mol. The molecule has 0 saturated heterocycles. The lowest BCUT2D eigenvalue weighted by Gasteiger charge is -2.39. The van der Waals surface area contributed by atoms with Gasteiger partial charge in [0.25, 0.3) is 0 Å². The molecule has 0 spiro atoms. The van der Waals surface area contributed by atoms with E-state index in [4.69, 9.17) is 15.3 Å². The van der Waals surface area contributed by atoms with Crippen molar-refractivity contribution in [2.24, 2.45) is 0 Å². The molecule has 0 heterocycles. The van der Waals surface area contributed by atoms with Gasteiger partial charge in [-0.1, -0.05) is 103 Å². The number of hydrogen-bond acceptors (Lipinski definition) is 3. The lowest BCUT2D eigenvalue weighted by atomic mass is 10.0. The van der Waals surface area contributed by atoms with Crippen molar-refractivity contribution >= 4 is 17.9 Å². The van der Waals surface area contributed by atoms with E-state index in [1.165, 1.54) is 96.3 Å². The number of carboxylic acid groups (broad SMARTS) is 3. The molecule has 7 heteroatoms. The number of carboxylic acids is 3. The van der Waals surface area contributed by atoms with E-state index in [1.54, 1.807) is 0 Å². The molecule has 0 aromatic carbocycles. The first-order chi connectivity index (χ1) is 21.8. The molecule has 0 aliphatic heterocycles. The molecule has 0 aromatic rings. The monoisotopic (exact) mass is 639 g/mol. The van der Waals surface area contributed by atoms with Gasteiger partial charge in [0.1, 0.15) is 0 Å². The first-order valence-electron chi connectivity index (χ1n) is 19.0. The fourth-order valence-electron chi connectivity index (χ4n) is 6.42. The first kappa shape index (κ1) is 43.1. The minimum Gasteiger partial charge on any atom is -0.481 e. The number of quaternary nitrogens is 1. The van der Waals surface area contributed by atoms with Gasteiger partial charge in [0.05, 0.1) is 26.2 Å². The number of carbonyl (C=O) groups is 3. The number of allylic oxidation sites excluding steroid dienone is 2. The van der Waals surface area contributed by atoms with Crippen LogP contribution in [0.4, 0.5) is 0 Å². The van der Waals surface area contributed by atoms with E-state index in [0.717, 1.165) is 75.6 Å². The van der Waals surface area contributed by atoms with Crippen LogP contribution in [0.1, 0.15) is 187 Å². The Balaban J connectivity index is 4.24. The second-order valence-corrected chi connectivity index (χ2v) is 13.5. The molecule has 0 saturated carbocycles. The van der Waals surface area contributed by atoms with E-state index in [2.05, 4.69) is 19.1 Å². The Morgan fingerprint density at radius 1 is 0.400 bits per heavy atom. The van der Waals surface area contributed by atoms with Crippen LogP contribution in [0.5, 0.6) is 0 Å². The SMILES string of the molecule is CCCCCCCCCCCCCCCC/C=C/CCCCC[N+](CCCCC(=O)O)(CCCCC(=O)O)CCCCC(=O)O. The third-order valence-electron chi connectivity index (χ3n) is 9.21.